The summed E-state index contributed by atoms with van der Waals surface area (Å²) in [6.45, 7) is 0. The van der Waals surface area contributed by atoms with Crippen LogP contribution in [0.1, 0.15) is 17.2 Å². The van der Waals surface area contributed by atoms with Crippen LogP contribution in [0.15, 0.2) is 18.2 Å². The van der Waals surface area contributed by atoms with E-state index in [0.29, 0.717) is 5.56 Å². The Hall–Kier alpha value is -0.920. The molecule has 1 aromatic rings. The van der Waals surface area contributed by atoms with E-state index in [0.717, 1.165) is 0 Å². The van der Waals surface area contributed by atoms with Crippen LogP contribution >= 0.6 is 15.9 Å². The molecule has 1 atom stereocenters. The number of aliphatic hydroxyl groups is 1. The number of halogens is 2. The van der Waals surface area contributed by atoms with Crippen LogP contribution < -0.4 is 0 Å². The van der Waals surface area contributed by atoms with E-state index in [-0.39, 0.29) is 10.9 Å². The second-order valence-corrected chi connectivity index (χ2v) is 3.17. The first-order chi connectivity index (χ1) is 6.19. The van der Waals surface area contributed by atoms with E-state index in [4.69, 9.17) is 5.26 Å². The minimum Gasteiger partial charge on any atom is -0.387 e. The summed E-state index contributed by atoms with van der Waals surface area (Å²) in [5, 5.41) is 18.1. The van der Waals surface area contributed by atoms with Gasteiger partial charge in [-0.1, -0.05) is 15.9 Å². The number of rotatable bonds is 2. The number of benzene rings is 1. The number of alkyl halides is 1. The fourth-order valence-corrected chi connectivity index (χ4v) is 1.30. The summed E-state index contributed by atoms with van der Waals surface area (Å²) in [5.41, 5.74) is 0.493. The van der Waals surface area contributed by atoms with Crippen LogP contribution in [0.4, 0.5) is 4.39 Å². The predicted octanol–water partition coefficient (Wildman–Crippen LogP) is 2.13. The highest BCUT2D eigenvalue weighted by atomic mass is 79.9. The first-order valence-electron chi connectivity index (χ1n) is 3.62. The fraction of sp³-hybridized carbons (Fsp3) is 0.222. The minimum atomic E-state index is -0.909. The summed E-state index contributed by atoms with van der Waals surface area (Å²) < 4.78 is 13.1. The molecule has 0 aliphatic carbocycles. The Labute approximate surface area is 83.7 Å². The van der Waals surface area contributed by atoms with Crippen LogP contribution in [0, 0.1) is 17.1 Å². The van der Waals surface area contributed by atoms with Gasteiger partial charge in [0.15, 0.2) is 0 Å². The monoisotopic (exact) mass is 243 g/mol. The van der Waals surface area contributed by atoms with E-state index >= 15 is 0 Å². The van der Waals surface area contributed by atoms with E-state index in [2.05, 4.69) is 15.9 Å². The number of nitriles is 1. The van der Waals surface area contributed by atoms with Crippen LogP contribution in [-0.4, -0.2) is 10.4 Å². The Kier molecular flexibility index (Phi) is 3.40. The van der Waals surface area contributed by atoms with Crippen molar-refractivity contribution in [2.75, 3.05) is 5.33 Å². The van der Waals surface area contributed by atoms with Crippen LogP contribution in [0.2, 0.25) is 0 Å². The van der Waals surface area contributed by atoms with E-state index < -0.39 is 11.9 Å². The van der Waals surface area contributed by atoms with Gasteiger partial charge in [-0.05, 0) is 18.2 Å². The molecule has 13 heavy (non-hydrogen) atoms. The minimum absolute atomic E-state index is 0.149. The molecule has 1 unspecified atom stereocenters. The molecule has 0 heterocycles. The topological polar surface area (TPSA) is 44.0 Å². The zero-order valence-corrected chi connectivity index (χ0v) is 8.25. The molecule has 0 aromatic heterocycles. The van der Waals surface area contributed by atoms with E-state index in [1.54, 1.807) is 0 Å². The van der Waals surface area contributed by atoms with Crippen LogP contribution in [0.3, 0.4) is 0 Å². The molecule has 0 aliphatic rings. The third-order valence-corrected chi connectivity index (χ3v) is 2.24. The molecule has 4 heteroatoms. The maximum atomic E-state index is 13.1. The summed E-state index contributed by atoms with van der Waals surface area (Å²) in [5.74, 6) is -0.494. The predicted molar refractivity (Wildman–Crippen MR) is 49.9 cm³/mol. The summed E-state index contributed by atoms with van der Waals surface area (Å²) in [6, 6.07) is 5.78. The maximum absolute atomic E-state index is 13.1. The normalized spacial score (nSPS) is 12.2. The molecule has 0 bridgehead atoms. The van der Waals surface area contributed by atoms with Gasteiger partial charge in [-0.3, -0.25) is 0 Å². The van der Waals surface area contributed by atoms with Crippen LogP contribution in [0.5, 0.6) is 0 Å². The number of aliphatic hydroxyl groups excluding tert-OH is 1. The van der Waals surface area contributed by atoms with Gasteiger partial charge in [0.25, 0.3) is 0 Å². The van der Waals surface area contributed by atoms with E-state index in [1.165, 1.54) is 18.2 Å². The van der Waals surface area contributed by atoms with Crippen LogP contribution in [-0.2, 0) is 0 Å². The Morgan fingerprint density at radius 1 is 1.62 bits per heavy atom. The van der Waals surface area contributed by atoms with Crippen molar-refractivity contribution in [1.82, 2.24) is 0 Å². The summed E-state index contributed by atoms with van der Waals surface area (Å²) in [6.07, 6.45) is -0.909. The standard InChI is InChI=1S/C9H7BrFNO/c10-4-9(13)7-3-6(5-12)1-2-8(7)11/h1-3,9,13H,4H2. The van der Waals surface area contributed by atoms with Gasteiger partial charge in [-0.2, -0.15) is 5.26 Å². The molecule has 0 fully saturated rings. The van der Waals surface area contributed by atoms with Crippen LogP contribution in [0.25, 0.3) is 0 Å². The second kappa shape index (κ2) is 4.35. The first kappa shape index (κ1) is 10.2. The van der Waals surface area contributed by atoms with Gasteiger partial charge in [0.2, 0.25) is 0 Å². The van der Waals surface area contributed by atoms with Crippen molar-refractivity contribution >= 4 is 15.9 Å². The van der Waals surface area contributed by atoms with E-state index in [9.17, 15) is 9.50 Å². The Balaban J connectivity index is 3.12. The van der Waals surface area contributed by atoms with Crippen molar-refractivity contribution < 1.29 is 9.50 Å². The highest BCUT2D eigenvalue weighted by Crippen LogP contribution is 2.19. The summed E-state index contributed by atoms with van der Waals surface area (Å²) in [7, 11) is 0. The van der Waals surface area contributed by atoms with Gasteiger partial charge in [-0.15, -0.1) is 0 Å². The lowest BCUT2D eigenvalue weighted by molar-refractivity contribution is 0.200. The molecule has 1 aromatic carbocycles. The summed E-state index contributed by atoms with van der Waals surface area (Å²) >= 11 is 3.03. The molecule has 1 rings (SSSR count). The molecule has 0 aliphatic heterocycles. The largest absolute Gasteiger partial charge is 0.387 e. The molecule has 68 valence electrons. The van der Waals surface area contributed by atoms with Gasteiger partial charge in [-0.25, -0.2) is 4.39 Å². The SMILES string of the molecule is N#Cc1ccc(F)c(C(O)CBr)c1. The molecular formula is C9H7BrFNO. The lowest BCUT2D eigenvalue weighted by atomic mass is 10.1. The quantitative estimate of drug-likeness (QED) is 0.810. The highest BCUT2D eigenvalue weighted by Gasteiger charge is 2.11. The number of nitrogens with zero attached hydrogens (tertiary/aromatic N) is 1. The molecule has 0 amide bonds. The first-order valence-corrected chi connectivity index (χ1v) is 4.74. The lowest BCUT2D eigenvalue weighted by Crippen LogP contribution is -2.01. The molecule has 0 saturated heterocycles. The fourth-order valence-electron chi connectivity index (χ4n) is 0.952. The zero-order valence-electron chi connectivity index (χ0n) is 6.67. The van der Waals surface area contributed by atoms with E-state index in [1.807, 2.05) is 6.07 Å². The molecule has 0 spiro atoms. The van der Waals surface area contributed by atoms with Crippen molar-refractivity contribution in [1.29, 1.82) is 5.26 Å². The summed E-state index contributed by atoms with van der Waals surface area (Å²) in [4.78, 5) is 0. The number of hydrogen-bond donors (Lipinski definition) is 1. The Morgan fingerprint density at radius 2 is 2.31 bits per heavy atom. The van der Waals surface area contributed by atoms with Gasteiger partial charge in [0, 0.05) is 10.9 Å². The lowest BCUT2D eigenvalue weighted by Gasteiger charge is -2.08. The Bertz CT molecular complexity index is 348. The maximum Gasteiger partial charge on any atom is 0.129 e. The van der Waals surface area contributed by atoms with Crippen molar-refractivity contribution in [3.8, 4) is 6.07 Å². The second-order valence-electron chi connectivity index (χ2n) is 2.52. The van der Waals surface area contributed by atoms with Crippen molar-refractivity contribution in [2.45, 2.75) is 6.10 Å². The Morgan fingerprint density at radius 3 is 2.85 bits per heavy atom. The van der Waals surface area contributed by atoms with Crippen molar-refractivity contribution in [2.24, 2.45) is 0 Å². The molecule has 2 nitrogen and oxygen atoms in total. The molecule has 0 radical (unpaired) electrons. The third-order valence-electron chi connectivity index (χ3n) is 1.63. The highest BCUT2D eigenvalue weighted by molar-refractivity contribution is 9.09. The van der Waals surface area contributed by atoms with Gasteiger partial charge in [0.1, 0.15) is 5.82 Å². The van der Waals surface area contributed by atoms with Gasteiger partial charge >= 0.3 is 0 Å². The van der Waals surface area contributed by atoms with Gasteiger partial charge < -0.3 is 5.11 Å². The average Bonchev–Trinajstić information content (AvgIpc) is 2.17. The molecule has 1 N–H and O–H groups in total. The third kappa shape index (κ3) is 2.27. The average molecular weight is 244 g/mol. The zero-order chi connectivity index (χ0) is 9.84. The van der Waals surface area contributed by atoms with Crippen molar-refractivity contribution in [3.05, 3.63) is 35.1 Å². The smallest absolute Gasteiger partial charge is 0.129 e. The number of hydrogen-bond acceptors (Lipinski definition) is 2. The molecule has 0 saturated carbocycles. The molecular weight excluding hydrogens is 237 g/mol. The van der Waals surface area contributed by atoms with Gasteiger partial charge in [0.05, 0.1) is 17.7 Å². The van der Waals surface area contributed by atoms with Crippen molar-refractivity contribution in [3.63, 3.8) is 0 Å².